The Labute approximate surface area is 87.1 Å². The van der Waals surface area contributed by atoms with Crippen molar-refractivity contribution in [1.29, 1.82) is 0 Å². The average Bonchev–Trinajstić information content (AvgIpc) is 2.23. The number of carbonyl (C=O) groups is 1. The lowest BCUT2D eigenvalue weighted by Gasteiger charge is -2.08. The Morgan fingerprint density at radius 3 is 2.47 bits per heavy atom. The predicted octanol–water partition coefficient (Wildman–Crippen LogP) is 2.33. The Morgan fingerprint density at radius 2 is 1.87 bits per heavy atom. The van der Waals surface area contributed by atoms with Crippen molar-refractivity contribution in [3.63, 3.8) is 0 Å². The van der Waals surface area contributed by atoms with Crippen LogP contribution < -0.4 is 5.73 Å². The lowest BCUT2D eigenvalue weighted by molar-refractivity contribution is 0.101. The van der Waals surface area contributed by atoms with Crippen LogP contribution in [0.3, 0.4) is 0 Å². The van der Waals surface area contributed by atoms with Crippen LogP contribution in [0.1, 0.15) is 17.3 Å². The van der Waals surface area contributed by atoms with Crippen molar-refractivity contribution < 1.29 is 9.90 Å². The van der Waals surface area contributed by atoms with E-state index in [2.05, 4.69) is 0 Å². The van der Waals surface area contributed by atoms with Gasteiger partial charge in [-0.1, -0.05) is 24.3 Å². The molecule has 0 aliphatic carbocycles. The summed E-state index contributed by atoms with van der Waals surface area (Å²) < 4.78 is 0. The van der Waals surface area contributed by atoms with Gasteiger partial charge in [0, 0.05) is 10.9 Å². The maximum atomic E-state index is 11.4. The molecular formula is C12H11NO2. The first-order valence-electron chi connectivity index (χ1n) is 4.62. The van der Waals surface area contributed by atoms with Crippen LogP contribution in [0.2, 0.25) is 0 Å². The molecule has 0 saturated carbocycles. The molecule has 0 aliphatic heterocycles. The summed E-state index contributed by atoms with van der Waals surface area (Å²) >= 11 is 0. The number of aromatic hydroxyl groups is 1. The summed E-state index contributed by atoms with van der Waals surface area (Å²) in [5.74, 6) is -0.0199. The van der Waals surface area contributed by atoms with Crippen LogP contribution >= 0.6 is 0 Å². The third kappa shape index (κ3) is 1.42. The lowest BCUT2D eigenvalue weighted by Crippen LogP contribution is -1.97. The van der Waals surface area contributed by atoms with E-state index < -0.39 is 0 Å². The second-order valence-corrected chi connectivity index (χ2v) is 3.46. The van der Waals surface area contributed by atoms with E-state index in [1.54, 1.807) is 18.2 Å². The zero-order valence-electron chi connectivity index (χ0n) is 8.32. The van der Waals surface area contributed by atoms with Crippen molar-refractivity contribution in [3.8, 4) is 5.75 Å². The van der Waals surface area contributed by atoms with Crippen LogP contribution in [0, 0.1) is 0 Å². The summed E-state index contributed by atoms with van der Waals surface area (Å²) in [4.78, 5) is 11.4. The number of Topliss-reactive ketones (excluding diaryl/α,β-unsaturated/α-hetero) is 1. The van der Waals surface area contributed by atoms with Crippen molar-refractivity contribution in [2.75, 3.05) is 5.73 Å². The molecule has 0 saturated heterocycles. The maximum absolute atomic E-state index is 11.4. The number of ketones is 1. The van der Waals surface area contributed by atoms with Gasteiger partial charge in [-0.25, -0.2) is 0 Å². The minimum Gasteiger partial charge on any atom is -0.505 e. The molecule has 3 N–H and O–H groups in total. The zero-order valence-corrected chi connectivity index (χ0v) is 8.32. The molecule has 0 radical (unpaired) electrons. The molecular weight excluding hydrogens is 190 g/mol. The summed E-state index contributed by atoms with van der Waals surface area (Å²) in [6.07, 6.45) is 0. The van der Waals surface area contributed by atoms with Crippen LogP contribution in [0.4, 0.5) is 5.69 Å². The number of hydrogen-bond acceptors (Lipinski definition) is 3. The monoisotopic (exact) mass is 201 g/mol. The van der Waals surface area contributed by atoms with Gasteiger partial charge < -0.3 is 10.8 Å². The van der Waals surface area contributed by atoms with Crippen LogP contribution in [0.15, 0.2) is 30.3 Å². The molecule has 2 rings (SSSR count). The Kier molecular flexibility index (Phi) is 2.08. The number of phenolic OH excluding ortho intramolecular Hbond substituents is 1. The summed E-state index contributed by atoms with van der Waals surface area (Å²) in [7, 11) is 0. The number of anilines is 1. The van der Waals surface area contributed by atoms with E-state index in [0.29, 0.717) is 10.9 Å². The predicted molar refractivity (Wildman–Crippen MR) is 60.0 cm³/mol. The molecule has 0 aromatic heterocycles. The van der Waals surface area contributed by atoms with Crippen molar-refractivity contribution in [2.24, 2.45) is 0 Å². The summed E-state index contributed by atoms with van der Waals surface area (Å²) in [5.41, 5.74) is 6.40. The van der Waals surface area contributed by atoms with E-state index in [-0.39, 0.29) is 17.2 Å². The number of carbonyl (C=O) groups excluding carboxylic acids is 1. The molecule has 15 heavy (non-hydrogen) atoms. The Morgan fingerprint density at radius 1 is 1.27 bits per heavy atom. The third-order valence-corrected chi connectivity index (χ3v) is 2.42. The van der Waals surface area contributed by atoms with Crippen LogP contribution in [0.5, 0.6) is 5.75 Å². The molecule has 0 atom stereocenters. The van der Waals surface area contributed by atoms with Gasteiger partial charge in [-0.2, -0.15) is 0 Å². The van der Waals surface area contributed by atoms with Gasteiger partial charge in [-0.15, -0.1) is 0 Å². The maximum Gasteiger partial charge on any atom is 0.160 e. The minimum absolute atomic E-state index is 0.0376. The molecule has 0 heterocycles. The van der Waals surface area contributed by atoms with Gasteiger partial charge in [0.2, 0.25) is 0 Å². The fourth-order valence-electron chi connectivity index (χ4n) is 1.67. The van der Waals surface area contributed by atoms with Crippen molar-refractivity contribution in [3.05, 3.63) is 35.9 Å². The van der Waals surface area contributed by atoms with Gasteiger partial charge in [0.15, 0.2) is 5.78 Å². The topological polar surface area (TPSA) is 63.3 Å². The molecule has 0 fully saturated rings. The van der Waals surface area contributed by atoms with Gasteiger partial charge in [-0.05, 0) is 18.4 Å². The highest BCUT2D eigenvalue weighted by molar-refractivity contribution is 6.10. The first-order chi connectivity index (χ1) is 7.11. The molecule has 0 amide bonds. The van der Waals surface area contributed by atoms with E-state index in [0.717, 1.165) is 5.39 Å². The smallest absolute Gasteiger partial charge is 0.160 e. The first-order valence-corrected chi connectivity index (χ1v) is 4.62. The number of hydrogen-bond donors (Lipinski definition) is 2. The van der Waals surface area contributed by atoms with Crippen molar-refractivity contribution >= 4 is 22.2 Å². The standard InChI is InChI=1S/C12H11NO2/c1-7(14)10-6-11(13)12(15)9-5-3-2-4-8(9)10/h2-6,15H,13H2,1H3. The highest BCUT2D eigenvalue weighted by atomic mass is 16.3. The second-order valence-electron chi connectivity index (χ2n) is 3.46. The fourth-order valence-corrected chi connectivity index (χ4v) is 1.67. The van der Waals surface area contributed by atoms with Crippen LogP contribution in [-0.2, 0) is 0 Å². The summed E-state index contributed by atoms with van der Waals surface area (Å²) in [5, 5.41) is 11.1. The molecule has 3 nitrogen and oxygen atoms in total. The third-order valence-electron chi connectivity index (χ3n) is 2.42. The van der Waals surface area contributed by atoms with E-state index in [1.807, 2.05) is 6.07 Å². The summed E-state index contributed by atoms with van der Waals surface area (Å²) in [6.45, 7) is 1.48. The first kappa shape index (κ1) is 9.52. The highest BCUT2D eigenvalue weighted by Gasteiger charge is 2.11. The molecule has 0 spiro atoms. The number of phenols is 1. The highest BCUT2D eigenvalue weighted by Crippen LogP contribution is 2.33. The normalized spacial score (nSPS) is 10.5. The quantitative estimate of drug-likeness (QED) is 0.423. The number of nitrogens with two attached hydrogens (primary N) is 1. The van der Waals surface area contributed by atoms with Gasteiger partial charge in [0.05, 0.1) is 5.69 Å². The second kappa shape index (κ2) is 3.28. The fraction of sp³-hybridized carbons (Fsp3) is 0.0833. The van der Waals surface area contributed by atoms with Crippen LogP contribution in [0.25, 0.3) is 10.8 Å². The van der Waals surface area contributed by atoms with E-state index in [9.17, 15) is 9.90 Å². The molecule has 76 valence electrons. The number of fused-ring (bicyclic) bond motifs is 1. The largest absolute Gasteiger partial charge is 0.505 e. The molecule has 2 aromatic rings. The molecule has 2 aromatic carbocycles. The van der Waals surface area contributed by atoms with Gasteiger partial charge in [0.25, 0.3) is 0 Å². The minimum atomic E-state index is -0.0575. The van der Waals surface area contributed by atoms with E-state index in [4.69, 9.17) is 5.73 Å². The lowest BCUT2D eigenvalue weighted by atomic mass is 10.00. The number of benzene rings is 2. The van der Waals surface area contributed by atoms with Crippen molar-refractivity contribution in [2.45, 2.75) is 6.92 Å². The van der Waals surface area contributed by atoms with Gasteiger partial charge in [0.1, 0.15) is 5.75 Å². The number of nitrogen functional groups attached to an aromatic ring is 1. The summed E-state index contributed by atoms with van der Waals surface area (Å²) in [6, 6.07) is 8.68. The van der Waals surface area contributed by atoms with Gasteiger partial charge in [-0.3, -0.25) is 4.79 Å². The van der Waals surface area contributed by atoms with Crippen LogP contribution in [-0.4, -0.2) is 10.9 Å². The average molecular weight is 201 g/mol. The molecule has 0 unspecified atom stereocenters. The van der Waals surface area contributed by atoms with E-state index >= 15 is 0 Å². The molecule has 0 aliphatic rings. The van der Waals surface area contributed by atoms with Crippen molar-refractivity contribution in [1.82, 2.24) is 0 Å². The van der Waals surface area contributed by atoms with E-state index in [1.165, 1.54) is 13.0 Å². The molecule has 3 heteroatoms. The number of rotatable bonds is 1. The Balaban J connectivity index is 2.94. The van der Waals surface area contributed by atoms with Gasteiger partial charge >= 0.3 is 0 Å². The molecule has 0 bridgehead atoms. The Hall–Kier alpha value is -2.03. The zero-order chi connectivity index (χ0) is 11.0. The Bertz CT molecular complexity index is 547. The SMILES string of the molecule is CC(=O)c1cc(N)c(O)c2ccccc12.